The maximum absolute atomic E-state index is 8.40. The molecule has 44 valence electrons. The maximum Gasteiger partial charge on any atom is 0.330 e. The van der Waals surface area contributed by atoms with Crippen molar-refractivity contribution < 1.29 is 13.9 Å². The van der Waals surface area contributed by atoms with Gasteiger partial charge in [-0.1, -0.05) is 0 Å². The Balaban J connectivity index is 2.83. The number of hydrogen-bond donors (Lipinski definition) is 2. The van der Waals surface area contributed by atoms with Crippen LogP contribution in [0.4, 0.5) is 0 Å². The molecule has 5 heteroatoms. The van der Waals surface area contributed by atoms with Crippen LogP contribution in [0.1, 0.15) is 0 Å². The van der Waals surface area contributed by atoms with Crippen molar-refractivity contribution in [3.8, 4) is 0 Å². The minimum Gasteiger partial charge on any atom is -0.328 e. The third-order valence-corrected chi connectivity index (χ3v) is 1.02. The van der Waals surface area contributed by atoms with Gasteiger partial charge in [0.05, 0.1) is 0 Å². The summed E-state index contributed by atoms with van der Waals surface area (Å²) >= 11 is 0. The first-order chi connectivity index (χ1) is 3.31. The lowest BCUT2D eigenvalue weighted by atomic mass is 11.4. The third-order valence-electron chi connectivity index (χ3n) is 0.341. The zero-order chi connectivity index (χ0) is 5.70. The van der Waals surface area contributed by atoms with E-state index in [0.29, 0.717) is 0 Å². The molecular weight excluding hydrogens is 117 g/mol. The molecule has 0 aromatic heterocycles. The molecule has 0 aliphatic rings. The van der Waals surface area contributed by atoms with Crippen LogP contribution in [0.2, 0.25) is 0 Å². The molecule has 3 N–H and O–H groups in total. The Morgan fingerprint density at radius 1 is 1.86 bits per heavy atom. The smallest absolute Gasteiger partial charge is 0.328 e. The van der Waals surface area contributed by atoms with E-state index in [0.717, 1.165) is 0 Å². The van der Waals surface area contributed by atoms with Crippen LogP contribution in [0.3, 0.4) is 0 Å². The van der Waals surface area contributed by atoms with Gasteiger partial charge in [-0.2, -0.15) is 0 Å². The average Bonchev–Trinajstić information content (AvgIpc) is 1.68. The van der Waals surface area contributed by atoms with Gasteiger partial charge in [0.1, 0.15) is 6.73 Å². The highest BCUT2D eigenvalue weighted by molar-refractivity contribution is 7.40. The Morgan fingerprint density at radius 3 is 2.57 bits per heavy atom. The molecule has 0 radical (unpaired) electrons. The molecule has 7 heavy (non-hydrogen) atoms. The van der Waals surface area contributed by atoms with E-state index in [1.807, 2.05) is 0 Å². The topological polar surface area (TPSA) is 64.7 Å². The van der Waals surface area contributed by atoms with Crippen LogP contribution in [0.15, 0.2) is 0 Å². The molecule has 0 saturated carbocycles. The first kappa shape index (κ1) is 7.27. The largest absolute Gasteiger partial charge is 0.330 e. The summed E-state index contributed by atoms with van der Waals surface area (Å²) in [6, 6.07) is 0. The summed E-state index contributed by atoms with van der Waals surface area (Å²) in [4.78, 5) is 8.40. The summed E-state index contributed by atoms with van der Waals surface area (Å²) in [5, 5.41) is 0. The summed E-state index contributed by atoms with van der Waals surface area (Å²) in [7, 11) is -0.355. The second kappa shape index (κ2) is 4.43. The van der Waals surface area contributed by atoms with E-state index in [1.165, 1.54) is 7.11 Å². The summed E-state index contributed by atoms with van der Waals surface area (Å²) < 4.78 is 8.68. The van der Waals surface area contributed by atoms with Crippen LogP contribution in [-0.4, -0.2) is 18.7 Å². The van der Waals surface area contributed by atoms with E-state index in [9.17, 15) is 0 Å². The first-order valence-electron chi connectivity index (χ1n) is 1.67. The van der Waals surface area contributed by atoms with Crippen LogP contribution >= 0.6 is 8.60 Å². The Kier molecular flexibility index (Phi) is 4.60. The van der Waals surface area contributed by atoms with Gasteiger partial charge >= 0.3 is 8.60 Å². The van der Waals surface area contributed by atoms with E-state index in [-0.39, 0.29) is 6.73 Å². The summed E-state index contributed by atoms with van der Waals surface area (Å²) in [6.45, 7) is -0.00392. The molecule has 0 aromatic rings. The average molecular weight is 125 g/mol. The molecule has 1 unspecified atom stereocenters. The highest BCUT2D eigenvalue weighted by Gasteiger charge is 1.97. The molecule has 0 aliphatic carbocycles. The van der Waals surface area contributed by atoms with Crippen LogP contribution < -0.4 is 5.73 Å². The predicted octanol–water partition coefficient (Wildman–Crippen LogP) is -0.215. The summed E-state index contributed by atoms with van der Waals surface area (Å²) in [5.41, 5.74) is 4.86. The van der Waals surface area contributed by atoms with Crippen molar-refractivity contribution in [2.45, 2.75) is 0 Å². The highest BCUT2D eigenvalue weighted by Crippen LogP contribution is 2.29. The van der Waals surface area contributed by atoms with Gasteiger partial charge in [-0.25, -0.2) is 0 Å². The fourth-order valence-electron chi connectivity index (χ4n) is 0.116. The minimum absolute atomic E-state index is 0.00392. The fourth-order valence-corrected chi connectivity index (χ4v) is 0.349. The molecule has 0 rings (SSSR count). The molecule has 0 fully saturated rings. The van der Waals surface area contributed by atoms with Crippen molar-refractivity contribution >= 4 is 8.60 Å². The number of hydrogen-bond acceptors (Lipinski definition) is 4. The van der Waals surface area contributed by atoms with Gasteiger partial charge < -0.3 is 15.2 Å². The summed E-state index contributed by atoms with van der Waals surface area (Å²) in [5.74, 6) is 0. The number of nitrogens with two attached hydrogens (primary N) is 1. The van der Waals surface area contributed by atoms with Crippen LogP contribution in [0.25, 0.3) is 0 Å². The normalized spacial score (nSPS) is 14.1. The van der Waals surface area contributed by atoms with E-state index in [4.69, 9.17) is 10.6 Å². The molecule has 0 bridgehead atoms. The molecule has 4 nitrogen and oxygen atoms in total. The van der Waals surface area contributed by atoms with Crippen LogP contribution in [-0.2, 0) is 9.05 Å². The highest BCUT2D eigenvalue weighted by atomic mass is 31.2. The van der Waals surface area contributed by atoms with Gasteiger partial charge in [0.25, 0.3) is 0 Å². The molecule has 0 amide bonds. The van der Waals surface area contributed by atoms with Crippen molar-refractivity contribution in [3.63, 3.8) is 0 Å². The Morgan fingerprint density at radius 2 is 2.43 bits per heavy atom. The molecule has 1 atom stereocenters. The second-order valence-electron chi connectivity index (χ2n) is 0.716. The molecule has 0 aliphatic heterocycles. The third kappa shape index (κ3) is 4.12. The lowest BCUT2D eigenvalue weighted by Gasteiger charge is -2.02. The predicted molar refractivity (Wildman–Crippen MR) is 26.3 cm³/mol. The minimum atomic E-state index is -1.70. The zero-order valence-electron chi connectivity index (χ0n) is 4.00. The first-order valence-corrected chi connectivity index (χ1v) is 2.80. The molecule has 0 aromatic carbocycles. The molecule has 0 spiro atoms. The fraction of sp³-hybridized carbons (Fsp3) is 1.00. The quantitative estimate of drug-likeness (QED) is 0.404. The Bertz CT molecular complexity index is 43.9. The maximum atomic E-state index is 8.40. The van der Waals surface area contributed by atoms with Crippen molar-refractivity contribution in [2.75, 3.05) is 13.8 Å². The lowest BCUT2D eigenvalue weighted by Crippen LogP contribution is -2.00. The van der Waals surface area contributed by atoms with Gasteiger partial charge in [0, 0.05) is 7.11 Å². The van der Waals surface area contributed by atoms with Gasteiger partial charge in [0.2, 0.25) is 0 Å². The standard InChI is InChI=1S/C2H8NO3P/c1-5-7(4)6-2-3/h4H,2-3H2,1H3. The SMILES string of the molecule is COP(O)OCN. The molecule has 0 saturated heterocycles. The van der Waals surface area contributed by atoms with Gasteiger partial charge in [0.15, 0.2) is 0 Å². The number of rotatable bonds is 3. The van der Waals surface area contributed by atoms with Crippen molar-refractivity contribution in [1.29, 1.82) is 0 Å². The van der Waals surface area contributed by atoms with Crippen molar-refractivity contribution in [1.82, 2.24) is 0 Å². The lowest BCUT2D eigenvalue weighted by molar-refractivity contribution is 0.235. The Labute approximate surface area is 43.2 Å². The molecule has 0 heterocycles. The Hall–Kier alpha value is 0.270. The second-order valence-corrected chi connectivity index (χ2v) is 1.82. The van der Waals surface area contributed by atoms with E-state index in [2.05, 4.69) is 9.05 Å². The van der Waals surface area contributed by atoms with Crippen LogP contribution in [0.5, 0.6) is 0 Å². The van der Waals surface area contributed by atoms with Crippen molar-refractivity contribution in [3.05, 3.63) is 0 Å². The zero-order valence-corrected chi connectivity index (χ0v) is 4.89. The summed E-state index contributed by atoms with van der Waals surface area (Å²) in [6.07, 6.45) is 0. The van der Waals surface area contributed by atoms with E-state index in [1.54, 1.807) is 0 Å². The van der Waals surface area contributed by atoms with E-state index >= 15 is 0 Å². The van der Waals surface area contributed by atoms with E-state index < -0.39 is 8.60 Å². The van der Waals surface area contributed by atoms with Gasteiger partial charge in [-0.3, -0.25) is 4.52 Å². The van der Waals surface area contributed by atoms with Crippen LogP contribution in [0, 0.1) is 0 Å². The molecular formula is C2H8NO3P. The van der Waals surface area contributed by atoms with Crippen molar-refractivity contribution in [2.24, 2.45) is 5.73 Å². The van der Waals surface area contributed by atoms with Gasteiger partial charge in [-0.15, -0.1) is 0 Å². The van der Waals surface area contributed by atoms with Gasteiger partial charge in [-0.05, 0) is 0 Å². The monoisotopic (exact) mass is 125 g/mol.